The van der Waals surface area contributed by atoms with E-state index in [0.29, 0.717) is 5.92 Å². The Morgan fingerprint density at radius 2 is 1.90 bits per heavy atom. The summed E-state index contributed by atoms with van der Waals surface area (Å²) in [5.74, 6) is 0.756. The molecule has 1 aromatic rings. The van der Waals surface area contributed by atoms with E-state index in [-0.39, 0.29) is 30.3 Å². The van der Waals surface area contributed by atoms with Gasteiger partial charge in [-0.2, -0.15) is 0 Å². The van der Waals surface area contributed by atoms with E-state index >= 15 is 0 Å². The number of carbonyl (C=O) groups is 1. The molecule has 0 saturated carbocycles. The number of benzene rings is 1. The van der Waals surface area contributed by atoms with E-state index in [2.05, 4.69) is 41.8 Å². The summed E-state index contributed by atoms with van der Waals surface area (Å²) in [6.07, 6.45) is 1.05. The first-order chi connectivity index (χ1) is 9.11. The van der Waals surface area contributed by atoms with E-state index in [4.69, 9.17) is 0 Å². The Kier molecular flexibility index (Phi) is 6.50. The van der Waals surface area contributed by atoms with Crippen molar-refractivity contribution in [1.82, 2.24) is 10.6 Å². The maximum absolute atomic E-state index is 12.1. The standard InChI is InChI=1S/C16H24N2O.ClH/c1-4-13-5-7-14(8-6-13)12(3)18-16(19)11(2)15-9-17-10-15;/h5-8,11-12,15,17H,4,9-10H2,1-3H3,(H,18,19);1H. The van der Waals surface area contributed by atoms with E-state index in [1.165, 1.54) is 11.1 Å². The molecule has 2 unspecified atom stereocenters. The largest absolute Gasteiger partial charge is 0.349 e. The van der Waals surface area contributed by atoms with E-state index in [9.17, 15) is 4.79 Å². The number of halogens is 1. The summed E-state index contributed by atoms with van der Waals surface area (Å²) in [5.41, 5.74) is 2.50. The molecule has 1 saturated heterocycles. The third-order valence-electron chi connectivity index (χ3n) is 4.18. The molecule has 0 bridgehead atoms. The van der Waals surface area contributed by atoms with Crippen LogP contribution in [0.15, 0.2) is 24.3 Å². The van der Waals surface area contributed by atoms with Crippen molar-refractivity contribution < 1.29 is 4.79 Å². The van der Waals surface area contributed by atoms with Crippen LogP contribution in [0.25, 0.3) is 0 Å². The van der Waals surface area contributed by atoms with Gasteiger partial charge < -0.3 is 10.6 Å². The molecule has 3 nitrogen and oxygen atoms in total. The molecule has 1 aliphatic rings. The van der Waals surface area contributed by atoms with Crippen molar-refractivity contribution in [3.8, 4) is 0 Å². The smallest absolute Gasteiger partial charge is 0.223 e. The minimum absolute atomic E-state index is 0. The van der Waals surface area contributed by atoms with Crippen LogP contribution < -0.4 is 10.6 Å². The number of amides is 1. The van der Waals surface area contributed by atoms with Crippen molar-refractivity contribution in [1.29, 1.82) is 0 Å². The number of aryl methyl sites for hydroxylation is 1. The summed E-state index contributed by atoms with van der Waals surface area (Å²) in [5, 5.41) is 6.33. The first-order valence-electron chi connectivity index (χ1n) is 7.21. The summed E-state index contributed by atoms with van der Waals surface area (Å²) in [7, 11) is 0. The summed E-state index contributed by atoms with van der Waals surface area (Å²) in [6.45, 7) is 8.15. The number of nitrogens with one attached hydrogen (secondary N) is 2. The molecule has 1 fully saturated rings. The Morgan fingerprint density at radius 3 is 2.35 bits per heavy atom. The van der Waals surface area contributed by atoms with E-state index in [1.54, 1.807) is 0 Å². The second-order valence-corrected chi connectivity index (χ2v) is 5.53. The van der Waals surface area contributed by atoms with Crippen LogP contribution in [0.3, 0.4) is 0 Å². The molecule has 0 radical (unpaired) electrons. The average Bonchev–Trinajstić information content (AvgIpc) is 2.36. The summed E-state index contributed by atoms with van der Waals surface area (Å²) in [6, 6.07) is 8.57. The van der Waals surface area contributed by atoms with Gasteiger partial charge in [0.2, 0.25) is 5.91 Å². The fourth-order valence-electron chi connectivity index (χ4n) is 2.35. The lowest BCUT2D eigenvalue weighted by atomic mass is 9.88. The van der Waals surface area contributed by atoms with E-state index < -0.39 is 0 Å². The molecular weight excluding hydrogens is 272 g/mol. The summed E-state index contributed by atoms with van der Waals surface area (Å²) >= 11 is 0. The first-order valence-corrected chi connectivity index (χ1v) is 7.21. The van der Waals surface area contributed by atoms with Gasteiger partial charge in [0.15, 0.2) is 0 Å². The van der Waals surface area contributed by atoms with E-state index in [1.807, 2.05) is 13.8 Å². The maximum atomic E-state index is 12.1. The predicted molar refractivity (Wildman–Crippen MR) is 85.1 cm³/mol. The van der Waals surface area contributed by atoms with Crippen LogP contribution in [-0.2, 0) is 11.2 Å². The Morgan fingerprint density at radius 1 is 1.30 bits per heavy atom. The fourth-order valence-corrected chi connectivity index (χ4v) is 2.35. The van der Waals surface area contributed by atoms with Crippen LogP contribution in [0.2, 0.25) is 0 Å². The van der Waals surface area contributed by atoms with Gasteiger partial charge in [-0.25, -0.2) is 0 Å². The molecule has 20 heavy (non-hydrogen) atoms. The Bertz CT molecular complexity index is 429. The van der Waals surface area contributed by atoms with Gasteiger partial charge in [0.1, 0.15) is 0 Å². The molecule has 0 aromatic heterocycles. The molecule has 1 heterocycles. The zero-order valence-electron chi connectivity index (χ0n) is 12.5. The van der Waals surface area contributed by atoms with Crippen molar-refractivity contribution >= 4 is 18.3 Å². The molecule has 1 aromatic carbocycles. The van der Waals surface area contributed by atoms with Gasteiger partial charge in [-0.05, 0) is 43.5 Å². The lowest BCUT2D eigenvalue weighted by Gasteiger charge is -2.32. The second-order valence-electron chi connectivity index (χ2n) is 5.53. The Hall–Kier alpha value is -1.06. The SMILES string of the molecule is CCc1ccc(C(C)NC(=O)C(C)C2CNC2)cc1.Cl. The molecule has 0 aliphatic carbocycles. The Labute approximate surface area is 127 Å². The predicted octanol–water partition coefficient (Wildman–Crippen LogP) is 2.70. The van der Waals surface area contributed by atoms with Crippen molar-refractivity contribution in [2.45, 2.75) is 33.2 Å². The van der Waals surface area contributed by atoms with Crippen molar-refractivity contribution in [3.63, 3.8) is 0 Å². The van der Waals surface area contributed by atoms with Gasteiger partial charge in [-0.3, -0.25) is 4.79 Å². The van der Waals surface area contributed by atoms with Gasteiger partial charge in [0.25, 0.3) is 0 Å². The van der Waals surface area contributed by atoms with E-state index in [0.717, 1.165) is 19.5 Å². The van der Waals surface area contributed by atoms with Gasteiger partial charge >= 0.3 is 0 Å². The van der Waals surface area contributed by atoms with Crippen LogP contribution in [0.1, 0.15) is 37.9 Å². The van der Waals surface area contributed by atoms with Crippen molar-refractivity contribution in [2.24, 2.45) is 11.8 Å². The lowest BCUT2D eigenvalue weighted by molar-refractivity contribution is -0.127. The van der Waals surface area contributed by atoms with Gasteiger partial charge in [0, 0.05) is 5.92 Å². The highest BCUT2D eigenvalue weighted by molar-refractivity contribution is 5.85. The number of rotatable bonds is 5. The molecule has 4 heteroatoms. The lowest BCUT2D eigenvalue weighted by Crippen LogP contribution is -2.49. The highest BCUT2D eigenvalue weighted by Crippen LogP contribution is 2.19. The summed E-state index contributed by atoms with van der Waals surface area (Å²) < 4.78 is 0. The minimum atomic E-state index is 0. The van der Waals surface area contributed by atoms with Crippen molar-refractivity contribution in [3.05, 3.63) is 35.4 Å². The summed E-state index contributed by atoms with van der Waals surface area (Å²) in [4.78, 5) is 12.1. The minimum Gasteiger partial charge on any atom is -0.349 e. The van der Waals surface area contributed by atoms with Crippen LogP contribution in [0.4, 0.5) is 0 Å². The molecule has 2 N–H and O–H groups in total. The van der Waals surface area contributed by atoms with Gasteiger partial charge in [-0.15, -0.1) is 12.4 Å². The van der Waals surface area contributed by atoms with Crippen LogP contribution in [0, 0.1) is 11.8 Å². The van der Waals surface area contributed by atoms with Gasteiger partial charge in [0.05, 0.1) is 6.04 Å². The third kappa shape index (κ3) is 3.97. The monoisotopic (exact) mass is 296 g/mol. The molecular formula is C16H25ClN2O. The number of hydrogen-bond acceptors (Lipinski definition) is 2. The molecule has 2 atom stereocenters. The average molecular weight is 297 g/mol. The highest BCUT2D eigenvalue weighted by atomic mass is 35.5. The normalized spacial score (nSPS) is 17.6. The van der Waals surface area contributed by atoms with Crippen molar-refractivity contribution in [2.75, 3.05) is 13.1 Å². The third-order valence-corrected chi connectivity index (χ3v) is 4.18. The maximum Gasteiger partial charge on any atom is 0.223 e. The topological polar surface area (TPSA) is 41.1 Å². The molecule has 2 rings (SSSR count). The molecule has 112 valence electrons. The van der Waals surface area contributed by atoms with Crippen LogP contribution in [0.5, 0.6) is 0 Å². The molecule has 1 aliphatic heterocycles. The van der Waals surface area contributed by atoms with Gasteiger partial charge in [-0.1, -0.05) is 38.1 Å². The molecule has 0 spiro atoms. The zero-order valence-corrected chi connectivity index (χ0v) is 13.3. The van der Waals surface area contributed by atoms with Crippen LogP contribution >= 0.6 is 12.4 Å². The number of hydrogen-bond donors (Lipinski definition) is 2. The quantitative estimate of drug-likeness (QED) is 0.877. The first kappa shape index (κ1) is 17.0. The zero-order chi connectivity index (χ0) is 13.8. The fraction of sp³-hybridized carbons (Fsp3) is 0.562. The van der Waals surface area contributed by atoms with Crippen LogP contribution in [-0.4, -0.2) is 19.0 Å². The Balaban J connectivity index is 0.00000200. The molecule has 1 amide bonds. The highest BCUT2D eigenvalue weighted by Gasteiger charge is 2.29. The second kappa shape index (κ2) is 7.65. The number of carbonyl (C=O) groups excluding carboxylic acids is 1.